The Morgan fingerprint density at radius 1 is 0.963 bits per heavy atom. The summed E-state index contributed by atoms with van der Waals surface area (Å²) in [5.41, 5.74) is 1.74. The van der Waals surface area contributed by atoms with Gasteiger partial charge < -0.3 is 9.47 Å². The van der Waals surface area contributed by atoms with Crippen molar-refractivity contribution in [3.8, 4) is 0 Å². The van der Waals surface area contributed by atoms with E-state index in [4.69, 9.17) is 9.47 Å². The molecular formula is C24H36O3. The molecule has 0 N–H and O–H groups in total. The van der Waals surface area contributed by atoms with Crippen molar-refractivity contribution in [2.24, 2.45) is 33.5 Å². The lowest BCUT2D eigenvalue weighted by atomic mass is 9.41. The van der Waals surface area contributed by atoms with E-state index in [1.54, 1.807) is 5.57 Å². The Labute approximate surface area is 164 Å². The normalized spacial score (nSPS) is 50.1. The van der Waals surface area contributed by atoms with Gasteiger partial charge in [0.25, 0.3) is 0 Å². The van der Waals surface area contributed by atoms with Gasteiger partial charge in [0.2, 0.25) is 0 Å². The molecule has 3 saturated carbocycles. The predicted octanol–water partition coefficient (Wildman–Crippen LogP) is 5.29. The van der Waals surface area contributed by atoms with E-state index in [2.05, 4.69) is 40.7 Å². The minimum atomic E-state index is -0.529. The van der Waals surface area contributed by atoms with Crippen LogP contribution in [0.25, 0.3) is 0 Å². The van der Waals surface area contributed by atoms with Crippen molar-refractivity contribution >= 4 is 5.78 Å². The molecule has 0 aromatic carbocycles. The Morgan fingerprint density at radius 3 is 2.37 bits per heavy atom. The smallest absolute Gasteiger partial charge is 0.174 e. The number of rotatable bonds is 0. The van der Waals surface area contributed by atoms with E-state index in [-0.39, 0.29) is 27.6 Å². The van der Waals surface area contributed by atoms with E-state index in [0.717, 1.165) is 19.3 Å². The molecule has 1 spiro atoms. The van der Waals surface area contributed by atoms with Crippen molar-refractivity contribution < 1.29 is 14.3 Å². The minimum Gasteiger partial charge on any atom is -0.347 e. The molecule has 4 aliphatic carbocycles. The van der Waals surface area contributed by atoms with E-state index in [1.165, 1.54) is 19.3 Å². The lowest BCUT2D eigenvalue weighted by molar-refractivity contribution is -0.254. The number of ether oxygens (including phenoxy) is 2. The third-order valence-corrected chi connectivity index (χ3v) is 10.0. The number of ketones is 1. The Kier molecular flexibility index (Phi) is 3.59. The molecule has 0 bridgehead atoms. The summed E-state index contributed by atoms with van der Waals surface area (Å²) in [5.74, 6) is 0.537. The van der Waals surface area contributed by atoms with Crippen LogP contribution < -0.4 is 0 Å². The number of hydrogen-bond acceptors (Lipinski definition) is 3. The summed E-state index contributed by atoms with van der Waals surface area (Å²) in [5, 5.41) is 0. The minimum absolute atomic E-state index is 0.0409. The van der Waals surface area contributed by atoms with Crippen molar-refractivity contribution in [3.63, 3.8) is 0 Å². The van der Waals surface area contributed by atoms with Crippen LogP contribution in [0.1, 0.15) is 79.6 Å². The van der Waals surface area contributed by atoms with Gasteiger partial charge in [-0.05, 0) is 47.8 Å². The van der Waals surface area contributed by atoms with Gasteiger partial charge in [-0.25, -0.2) is 0 Å². The molecule has 3 heteroatoms. The summed E-state index contributed by atoms with van der Waals surface area (Å²) in [7, 11) is 0. The summed E-state index contributed by atoms with van der Waals surface area (Å²) in [4.78, 5) is 13.8. The first kappa shape index (κ1) is 18.4. The highest BCUT2D eigenvalue weighted by molar-refractivity contribution is 5.85. The molecule has 1 heterocycles. The van der Waals surface area contributed by atoms with Crippen molar-refractivity contribution in [1.29, 1.82) is 0 Å². The Hall–Kier alpha value is -0.670. The fraction of sp³-hybridized carbons (Fsp3) is 0.875. The zero-order valence-corrected chi connectivity index (χ0v) is 17.8. The summed E-state index contributed by atoms with van der Waals surface area (Å²) in [6, 6.07) is 0. The molecule has 5 aliphatic rings. The molecule has 0 aromatic heterocycles. The number of Topliss-reactive ketones (excluding diaryl/α,β-unsaturated/α-hetero) is 1. The number of allylic oxidation sites excluding steroid dienone is 2. The van der Waals surface area contributed by atoms with Crippen LogP contribution in [-0.4, -0.2) is 24.8 Å². The van der Waals surface area contributed by atoms with Crippen LogP contribution in [0, 0.1) is 33.5 Å². The molecule has 27 heavy (non-hydrogen) atoms. The Morgan fingerprint density at radius 2 is 1.67 bits per heavy atom. The van der Waals surface area contributed by atoms with Crippen LogP contribution in [0.15, 0.2) is 11.6 Å². The average Bonchev–Trinajstić information content (AvgIpc) is 3.14. The molecule has 5 atom stereocenters. The van der Waals surface area contributed by atoms with Gasteiger partial charge in [0.15, 0.2) is 5.79 Å². The number of hydrogen-bond donors (Lipinski definition) is 0. The van der Waals surface area contributed by atoms with Gasteiger partial charge in [-0.2, -0.15) is 0 Å². The van der Waals surface area contributed by atoms with Crippen molar-refractivity contribution in [1.82, 2.24) is 0 Å². The first-order valence-electron chi connectivity index (χ1n) is 11.1. The van der Waals surface area contributed by atoms with Gasteiger partial charge in [0.1, 0.15) is 5.78 Å². The van der Waals surface area contributed by atoms with Gasteiger partial charge in [-0.15, -0.1) is 0 Å². The molecular weight excluding hydrogens is 336 g/mol. The van der Waals surface area contributed by atoms with Crippen LogP contribution in [0.4, 0.5) is 0 Å². The van der Waals surface area contributed by atoms with Crippen LogP contribution >= 0.6 is 0 Å². The van der Waals surface area contributed by atoms with Gasteiger partial charge >= 0.3 is 0 Å². The first-order chi connectivity index (χ1) is 12.6. The van der Waals surface area contributed by atoms with Crippen LogP contribution in [0.2, 0.25) is 0 Å². The van der Waals surface area contributed by atoms with E-state index in [9.17, 15) is 4.79 Å². The highest BCUT2D eigenvalue weighted by atomic mass is 16.7. The maximum absolute atomic E-state index is 13.8. The first-order valence-corrected chi connectivity index (χ1v) is 11.1. The molecule has 150 valence electrons. The van der Waals surface area contributed by atoms with E-state index >= 15 is 0 Å². The quantitative estimate of drug-likeness (QED) is 0.542. The molecule has 0 radical (unpaired) electrons. The highest BCUT2D eigenvalue weighted by Crippen LogP contribution is 2.73. The SMILES string of the molecule is CC1(C)CCCC2(C)C1=CCC1C2C(=O)C[C@]2(C)C3(CC[C@@]12C)OCCO3. The van der Waals surface area contributed by atoms with E-state index in [1.807, 2.05) is 0 Å². The second-order valence-electron chi connectivity index (χ2n) is 11.4. The highest BCUT2D eigenvalue weighted by Gasteiger charge is 2.74. The largest absolute Gasteiger partial charge is 0.347 e. The molecule has 1 aliphatic heterocycles. The standard InChI is InChI=1S/C24H36O3/c1-20(2)9-6-10-21(3)18(20)8-7-16-19(21)17(25)15-23(5)22(16,4)11-12-24(23)26-13-14-27-24/h8,16,19H,6-7,9-15H2,1-5H3/t16?,19?,21?,22-,23-/m0/s1. The predicted molar refractivity (Wildman–Crippen MR) is 105 cm³/mol. The molecule has 3 nitrogen and oxygen atoms in total. The number of carbonyl (C=O) groups is 1. The van der Waals surface area contributed by atoms with Crippen LogP contribution in [-0.2, 0) is 14.3 Å². The lowest BCUT2D eigenvalue weighted by Crippen LogP contribution is -2.63. The van der Waals surface area contributed by atoms with Crippen molar-refractivity contribution in [2.75, 3.05) is 13.2 Å². The van der Waals surface area contributed by atoms with Crippen LogP contribution in [0.5, 0.6) is 0 Å². The van der Waals surface area contributed by atoms with Gasteiger partial charge in [0.05, 0.1) is 13.2 Å². The third-order valence-electron chi connectivity index (χ3n) is 10.0. The van der Waals surface area contributed by atoms with Gasteiger partial charge in [-0.1, -0.05) is 52.7 Å². The van der Waals surface area contributed by atoms with E-state index < -0.39 is 5.79 Å². The molecule has 3 unspecified atom stereocenters. The molecule has 4 fully saturated rings. The second-order valence-corrected chi connectivity index (χ2v) is 11.4. The number of fused-ring (bicyclic) bond motifs is 6. The second kappa shape index (κ2) is 5.27. The summed E-state index contributed by atoms with van der Waals surface area (Å²) < 4.78 is 12.5. The molecule has 5 rings (SSSR count). The number of carbonyl (C=O) groups excluding carboxylic acids is 1. The fourth-order valence-corrected chi connectivity index (χ4v) is 8.52. The fourth-order valence-electron chi connectivity index (χ4n) is 8.52. The topological polar surface area (TPSA) is 35.5 Å². The third kappa shape index (κ3) is 1.99. The molecule has 1 saturated heterocycles. The maximum Gasteiger partial charge on any atom is 0.174 e. The monoisotopic (exact) mass is 372 g/mol. The summed E-state index contributed by atoms with van der Waals surface area (Å²) in [6.45, 7) is 13.3. The van der Waals surface area contributed by atoms with Crippen molar-refractivity contribution in [2.45, 2.75) is 85.4 Å². The van der Waals surface area contributed by atoms with Gasteiger partial charge in [0, 0.05) is 24.2 Å². The summed E-state index contributed by atoms with van der Waals surface area (Å²) in [6.07, 6.45) is 9.92. The molecule has 0 amide bonds. The lowest BCUT2D eigenvalue weighted by Gasteiger charge is -2.63. The van der Waals surface area contributed by atoms with E-state index in [0.29, 0.717) is 31.3 Å². The van der Waals surface area contributed by atoms with Crippen molar-refractivity contribution in [3.05, 3.63) is 11.6 Å². The summed E-state index contributed by atoms with van der Waals surface area (Å²) >= 11 is 0. The maximum atomic E-state index is 13.8. The Balaban J connectivity index is 1.63. The zero-order valence-electron chi connectivity index (χ0n) is 17.8. The average molecular weight is 373 g/mol. The molecule has 0 aromatic rings. The van der Waals surface area contributed by atoms with Gasteiger partial charge in [-0.3, -0.25) is 4.79 Å². The Bertz CT molecular complexity index is 715. The zero-order chi connectivity index (χ0) is 19.3. The van der Waals surface area contributed by atoms with Crippen LogP contribution in [0.3, 0.4) is 0 Å².